The van der Waals surface area contributed by atoms with E-state index >= 15 is 0 Å². The normalized spacial score (nSPS) is 16.3. The van der Waals surface area contributed by atoms with E-state index in [4.69, 9.17) is 4.74 Å². The van der Waals surface area contributed by atoms with E-state index in [-0.39, 0.29) is 17.0 Å². The molecule has 1 heterocycles. The van der Waals surface area contributed by atoms with Crippen LogP contribution in [0.1, 0.15) is 24.1 Å². The average molecular weight is 404 g/mol. The third-order valence-corrected chi connectivity index (χ3v) is 6.54. The van der Waals surface area contributed by atoms with Crippen LogP contribution in [0.3, 0.4) is 0 Å². The lowest BCUT2D eigenvalue weighted by Gasteiger charge is -2.26. The molecular formula is C20H25N3O4S. The number of nitrogens with zero attached hydrogens (tertiary/aromatic N) is 1. The summed E-state index contributed by atoms with van der Waals surface area (Å²) in [5.74, 6) is 0. The lowest BCUT2D eigenvalue weighted by Crippen LogP contribution is -2.40. The van der Waals surface area contributed by atoms with Crippen molar-refractivity contribution >= 4 is 16.1 Å². The molecular weight excluding hydrogens is 378 g/mol. The van der Waals surface area contributed by atoms with Gasteiger partial charge in [-0.3, -0.25) is 0 Å². The number of hydrogen-bond acceptors (Lipinski definition) is 4. The number of sulfonamides is 1. The van der Waals surface area contributed by atoms with Gasteiger partial charge in [0.05, 0.1) is 24.2 Å². The third-order valence-electron chi connectivity index (χ3n) is 4.63. The fraction of sp³-hybridized carbons (Fsp3) is 0.350. The van der Waals surface area contributed by atoms with Gasteiger partial charge in [0.1, 0.15) is 0 Å². The van der Waals surface area contributed by atoms with Gasteiger partial charge in [0, 0.05) is 19.6 Å². The molecule has 0 saturated carbocycles. The summed E-state index contributed by atoms with van der Waals surface area (Å²) in [4.78, 5) is 12.3. The summed E-state index contributed by atoms with van der Waals surface area (Å²) in [6.45, 7) is 3.79. The lowest BCUT2D eigenvalue weighted by molar-refractivity contribution is 0.0730. The quantitative estimate of drug-likeness (QED) is 0.775. The Hall–Kier alpha value is -2.42. The van der Waals surface area contributed by atoms with Crippen LogP contribution in [0.5, 0.6) is 0 Å². The number of ether oxygens (including phenoxy) is 1. The van der Waals surface area contributed by atoms with Gasteiger partial charge in [0.15, 0.2) is 0 Å². The summed E-state index contributed by atoms with van der Waals surface area (Å²) in [5.41, 5.74) is 1.85. The minimum absolute atomic E-state index is 0.109. The molecule has 150 valence electrons. The standard InChI is InChI=1S/C20H25N3O4S/c1-16(18-5-3-2-4-6-18)22-20(24)21-15-17-7-9-19(10-8-17)28(25,26)23-11-13-27-14-12-23/h2-10,16H,11-15H2,1H3,(H2,21,22,24). The van der Waals surface area contributed by atoms with Crippen LogP contribution in [0.15, 0.2) is 59.5 Å². The van der Waals surface area contributed by atoms with E-state index in [0.29, 0.717) is 32.8 Å². The first kappa shape index (κ1) is 20.3. The molecule has 3 rings (SSSR count). The molecule has 1 fully saturated rings. The highest BCUT2D eigenvalue weighted by atomic mass is 32.2. The Balaban J connectivity index is 1.53. The highest BCUT2D eigenvalue weighted by Gasteiger charge is 2.26. The fourth-order valence-electron chi connectivity index (χ4n) is 2.97. The zero-order valence-corrected chi connectivity index (χ0v) is 16.6. The Labute approximate surface area is 165 Å². The first-order valence-corrected chi connectivity index (χ1v) is 10.7. The molecule has 1 unspecified atom stereocenters. The van der Waals surface area contributed by atoms with Crippen LogP contribution >= 0.6 is 0 Å². The van der Waals surface area contributed by atoms with E-state index in [1.165, 1.54) is 4.31 Å². The first-order valence-electron chi connectivity index (χ1n) is 9.23. The van der Waals surface area contributed by atoms with Crippen molar-refractivity contribution in [2.75, 3.05) is 26.3 Å². The van der Waals surface area contributed by atoms with E-state index in [1.807, 2.05) is 37.3 Å². The highest BCUT2D eigenvalue weighted by molar-refractivity contribution is 7.89. The summed E-state index contributed by atoms with van der Waals surface area (Å²) in [6.07, 6.45) is 0. The monoisotopic (exact) mass is 403 g/mol. The van der Waals surface area contributed by atoms with Gasteiger partial charge in [0.2, 0.25) is 10.0 Å². The van der Waals surface area contributed by atoms with Gasteiger partial charge >= 0.3 is 6.03 Å². The summed E-state index contributed by atoms with van der Waals surface area (Å²) in [5, 5.41) is 5.68. The molecule has 7 nitrogen and oxygen atoms in total. The van der Waals surface area contributed by atoms with Crippen molar-refractivity contribution in [3.8, 4) is 0 Å². The van der Waals surface area contributed by atoms with Gasteiger partial charge in [0.25, 0.3) is 0 Å². The zero-order chi connectivity index (χ0) is 20.0. The molecule has 1 atom stereocenters. The van der Waals surface area contributed by atoms with Crippen LogP contribution in [-0.2, 0) is 21.3 Å². The van der Waals surface area contributed by atoms with Crippen molar-refractivity contribution in [3.05, 3.63) is 65.7 Å². The molecule has 0 radical (unpaired) electrons. The minimum Gasteiger partial charge on any atom is -0.379 e. The van der Waals surface area contributed by atoms with Crippen LogP contribution in [0, 0.1) is 0 Å². The maximum Gasteiger partial charge on any atom is 0.315 e. The van der Waals surface area contributed by atoms with Gasteiger partial charge in [-0.2, -0.15) is 4.31 Å². The molecule has 1 aliphatic rings. The molecule has 2 aromatic carbocycles. The van der Waals surface area contributed by atoms with Gasteiger partial charge in [-0.15, -0.1) is 0 Å². The Morgan fingerprint density at radius 3 is 2.36 bits per heavy atom. The molecule has 0 aromatic heterocycles. The summed E-state index contributed by atoms with van der Waals surface area (Å²) in [6, 6.07) is 15.9. The molecule has 0 bridgehead atoms. The van der Waals surface area contributed by atoms with Crippen LogP contribution in [0.4, 0.5) is 4.79 Å². The second kappa shape index (κ2) is 9.18. The maximum atomic E-state index is 12.6. The van der Waals surface area contributed by atoms with Crippen molar-refractivity contribution in [1.29, 1.82) is 0 Å². The van der Waals surface area contributed by atoms with Crippen molar-refractivity contribution in [3.63, 3.8) is 0 Å². The Morgan fingerprint density at radius 2 is 1.71 bits per heavy atom. The first-order chi connectivity index (χ1) is 13.5. The second-order valence-electron chi connectivity index (χ2n) is 6.62. The number of carbonyl (C=O) groups excluding carboxylic acids is 1. The van der Waals surface area contributed by atoms with Gasteiger partial charge in [-0.25, -0.2) is 13.2 Å². The van der Waals surface area contributed by atoms with E-state index in [0.717, 1.165) is 11.1 Å². The van der Waals surface area contributed by atoms with Crippen molar-refractivity contribution in [2.45, 2.75) is 24.4 Å². The predicted molar refractivity (Wildman–Crippen MR) is 106 cm³/mol. The lowest BCUT2D eigenvalue weighted by atomic mass is 10.1. The summed E-state index contributed by atoms with van der Waals surface area (Å²) in [7, 11) is -3.50. The number of hydrogen-bond donors (Lipinski definition) is 2. The van der Waals surface area contributed by atoms with Crippen LogP contribution in [-0.4, -0.2) is 45.1 Å². The number of nitrogens with one attached hydrogen (secondary N) is 2. The third kappa shape index (κ3) is 5.09. The van der Waals surface area contributed by atoms with Crippen molar-refractivity contribution < 1.29 is 17.9 Å². The number of urea groups is 1. The summed E-state index contributed by atoms with van der Waals surface area (Å²) < 4.78 is 31.9. The molecule has 2 aromatic rings. The topological polar surface area (TPSA) is 87.7 Å². The number of benzene rings is 2. The van der Waals surface area contributed by atoms with E-state index in [1.54, 1.807) is 24.3 Å². The zero-order valence-electron chi connectivity index (χ0n) is 15.8. The van der Waals surface area contributed by atoms with Gasteiger partial charge < -0.3 is 15.4 Å². The van der Waals surface area contributed by atoms with Crippen molar-refractivity contribution in [1.82, 2.24) is 14.9 Å². The molecule has 0 aliphatic carbocycles. The van der Waals surface area contributed by atoms with Crippen molar-refractivity contribution in [2.24, 2.45) is 0 Å². The fourth-order valence-corrected chi connectivity index (χ4v) is 4.38. The Morgan fingerprint density at radius 1 is 1.07 bits per heavy atom. The number of carbonyl (C=O) groups is 1. The van der Waals surface area contributed by atoms with Gasteiger partial charge in [-0.1, -0.05) is 42.5 Å². The molecule has 2 N–H and O–H groups in total. The minimum atomic E-state index is -3.50. The van der Waals surface area contributed by atoms with Crippen LogP contribution < -0.4 is 10.6 Å². The Kier molecular flexibility index (Phi) is 6.66. The predicted octanol–water partition coefficient (Wildman–Crippen LogP) is 2.27. The molecule has 1 saturated heterocycles. The van der Waals surface area contributed by atoms with E-state index in [2.05, 4.69) is 10.6 Å². The largest absolute Gasteiger partial charge is 0.379 e. The Bertz CT molecular complexity index is 879. The van der Waals surface area contributed by atoms with E-state index < -0.39 is 10.0 Å². The molecule has 1 aliphatic heterocycles. The number of amides is 2. The smallest absolute Gasteiger partial charge is 0.315 e. The average Bonchev–Trinajstić information content (AvgIpc) is 2.74. The SMILES string of the molecule is CC(NC(=O)NCc1ccc(S(=O)(=O)N2CCOCC2)cc1)c1ccccc1. The number of rotatable bonds is 6. The molecule has 28 heavy (non-hydrogen) atoms. The van der Waals surface area contributed by atoms with Crippen LogP contribution in [0.2, 0.25) is 0 Å². The summed E-state index contributed by atoms with van der Waals surface area (Å²) >= 11 is 0. The molecule has 0 spiro atoms. The molecule has 2 amide bonds. The molecule has 8 heteroatoms. The number of morpholine rings is 1. The van der Waals surface area contributed by atoms with Gasteiger partial charge in [-0.05, 0) is 30.2 Å². The van der Waals surface area contributed by atoms with E-state index in [9.17, 15) is 13.2 Å². The second-order valence-corrected chi connectivity index (χ2v) is 8.56. The van der Waals surface area contributed by atoms with Crippen LogP contribution in [0.25, 0.3) is 0 Å². The maximum absolute atomic E-state index is 12.6. The highest BCUT2D eigenvalue weighted by Crippen LogP contribution is 2.17.